The van der Waals surface area contributed by atoms with Gasteiger partial charge in [0, 0.05) is 42.3 Å². The van der Waals surface area contributed by atoms with Gasteiger partial charge in [-0.1, -0.05) is 13.8 Å². The van der Waals surface area contributed by atoms with Crippen molar-refractivity contribution >= 4 is 5.97 Å². The van der Waals surface area contributed by atoms with Gasteiger partial charge in [-0.2, -0.15) is 0 Å². The highest BCUT2D eigenvalue weighted by Crippen LogP contribution is 2.77. The Morgan fingerprint density at radius 3 is 2.40 bits per heavy atom. The Labute approximate surface area is 276 Å². The number of hydrogen-bond donors (Lipinski definition) is 5. The lowest BCUT2D eigenvalue weighted by atomic mass is 9.49. The first-order valence-corrected chi connectivity index (χ1v) is 17.6. The van der Waals surface area contributed by atoms with Gasteiger partial charge in [0.2, 0.25) is 5.79 Å². The minimum atomic E-state index is -1.79. The van der Waals surface area contributed by atoms with Crippen LogP contribution in [-0.2, 0) is 9.47 Å². The molecular formula is C36H51NO10. The predicted molar refractivity (Wildman–Crippen MR) is 168 cm³/mol. The average molecular weight is 658 g/mol. The number of ether oxygens (including phenoxy) is 4. The van der Waals surface area contributed by atoms with Crippen molar-refractivity contribution in [2.24, 2.45) is 40.9 Å². The second kappa shape index (κ2) is 10.3. The van der Waals surface area contributed by atoms with Gasteiger partial charge in [-0.3, -0.25) is 4.90 Å². The SMILES string of the molecule is COc1ccc(C(=O)O[C@H]2CC[C@@]3(C)[C@@H]4CC[C@H]5C6(O)C(CC53O[C@@]24O)C2CN3C[C@@H](C)CCC3[C@@](C)(O)C2[C@@H](O)C6O)cc1OC. The zero-order valence-electron chi connectivity index (χ0n) is 28.1. The Balaban J connectivity index is 1.14. The summed E-state index contributed by atoms with van der Waals surface area (Å²) in [6.07, 6.45) is 0.454. The van der Waals surface area contributed by atoms with Gasteiger partial charge in [-0.25, -0.2) is 4.79 Å². The van der Waals surface area contributed by atoms with Crippen molar-refractivity contribution in [1.82, 2.24) is 4.90 Å². The third-order valence-corrected chi connectivity index (χ3v) is 14.7. The Bertz CT molecular complexity index is 1450. The van der Waals surface area contributed by atoms with E-state index in [1.54, 1.807) is 25.1 Å². The van der Waals surface area contributed by atoms with Crippen molar-refractivity contribution in [3.05, 3.63) is 23.8 Å². The summed E-state index contributed by atoms with van der Waals surface area (Å²) in [4.78, 5) is 15.8. The normalized spacial score (nSPS) is 52.9. The highest BCUT2D eigenvalue weighted by atomic mass is 16.7. The zero-order valence-corrected chi connectivity index (χ0v) is 28.1. The van der Waals surface area contributed by atoms with Crippen molar-refractivity contribution < 1.29 is 49.3 Å². The molecule has 0 amide bonds. The number of benzene rings is 1. The number of esters is 1. The molecule has 1 spiro atoms. The average Bonchev–Trinajstić information content (AvgIpc) is 3.28. The summed E-state index contributed by atoms with van der Waals surface area (Å²) in [6, 6.07) is 4.65. The second-order valence-corrected chi connectivity index (χ2v) is 16.5. The number of carbonyl (C=O) groups excluding carboxylic acids is 1. The van der Waals surface area contributed by atoms with E-state index in [4.69, 9.17) is 18.9 Å². The molecule has 7 unspecified atom stereocenters. The van der Waals surface area contributed by atoms with Gasteiger partial charge >= 0.3 is 5.97 Å². The molecular weight excluding hydrogens is 606 g/mol. The topological polar surface area (TPSA) is 158 Å². The molecule has 1 aromatic rings. The molecule has 8 rings (SSSR count). The lowest BCUT2D eigenvalue weighted by molar-refractivity contribution is -0.290. The van der Waals surface area contributed by atoms with Crippen LogP contribution in [0.15, 0.2) is 18.2 Å². The smallest absolute Gasteiger partial charge is 0.338 e. The van der Waals surface area contributed by atoms with Crippen molar-refractivity contribution in [3.63, 3.8) is 0 Å². The Hall–Kier alpha value is -1.99. The van der Waals surface area contributed by atoms with Crippen LogP contribution in [0.3, 0.4) is 0 Å². The van der Waals surface area contributed by atoms with Gasteiger partial charge in [-0.15, -0.1) is 0 Å². The van der Waals surface area contributed by atoms with E-state index in [0.29, 0.717) is 56.1 Å². The van der Waals surface area contributed by atoms with Crippen LogP contribution in [0.25, 0.3) is 0 Å². The minimum absolute atomic E-state index is 0.125. The van der Waals surface area contributed by atoms with E-state index in [1.807, 2.05) is 0 Å². The number of aliphatic hydroxyl groups excluding tert-OH is 2. The van der Waals surface area contributed by atoms with Gasteiger partial charge in [0.1, 0.15) is 11.7 Å². The summed E-state index contributed by atoms with van der Waals surface area (Å²) in [7, 11) is 3.01. The molecule has 1 aromatic carbocycles. The van der Waals surface area contributed by atoms with Crippen LogP contribution in [0.4, 0.5) is 0 Å². The van der Waals surface area contributed by atoms with E-state index in [1.165, 1.54) is 14.2 Å². The quantitative estimate of drug-likeness (QED) is 0.302. The second-order valence-electron chi connectivity index (χ2n) is 16.5. The summed E-state index contributed by atoms with van der Waals surface area (Å²) < 4.78 is 23.7. The molecule has 7 fully saturated rings. The number of methoxy groups -OCH3 is 2. The molecule has 0 radical (unpaired) electrons. The first-order chi connectivity index (χ1) is 22.2. The van der Waals surface area contributed by atoms with Crippen LogP contribution in [0.2, 0.25) is 0 Å². The number of aliphatic hydroxyl groups is 5. The highest BCUT2D eigenvalue weighted by Gasteiger charge is 2.85. The van der Waals surface area contributed by atoms with Gasteiger partial charge in [-0.05, 0) is 87.8 Å². The molecule has 4 saturated carbocycles. The lowest BCUT2D eigenvalue weighted by Gasteiger charge is -2.63. The number of carbonyl (C=O) groups is 1. The van der Waals surface area contributed by atoms with E-state index in [9.17, 15) is 30.3 Å². The summed E-state index contributed by atoms with van der Waals surface area (Å²) in [5.74, 6) is -3.32. The van der Waals surface area contributed by atoms with Crippen LogP contribution < -0.4 is 9.47 Å². The van der Waals surface area contributed by atoms with Crippen LogP contribution in [-0.4, -0.2) is 111 Å². The van der Waals surface area contributed by atoms with E-state index in [-0.39, 0.29) is 23.4 Å². The molecule has 4 aliphatic carbocycles. The molecule has 15 atom stereocenters. The molecule has 3 heterocycles. The summed E-state index contributed by atoms with van der Waals surface area (Å²) in [5.41, 5.74) is -4.24. The van der Waals surface area contributed by atoms with Crippen molar-refractivity contribution in [2.45, 2.75) is 113 Å². The summed E-state index contributed by atoms with van der Waals surface area (Å²) >= 11 is 0. The lowest BCUT2D eigenvalue weighted by Crippen LogP contribution is -2.76. The van der Waals surface area contributed by atoms with Crippen molar-refractivity contribution in [2.75, 3.05) is 27.3 Å². The van der Waals surface area contributed by atoms with Crippen LogP contribution >= 0.6 is 0 Å². The largest absolute Gasteiger partial charge is 0.493 e. The van der Waals surface area contributed by atoms with Gasteiger partial charge in [0.15, 0.2) is 17.6 Å². The molecule has 3 saturated heterocycles. The van der Waals surface area contributed by atoms with Crippen LogP contribution in [0, 0.1) is 40.9 Å². The fourth-order valence-electron chi connectivity index (χ4n) is 12.7. The van der Waals surface area contributed by atoms with Gasteiger partial charge < -0.3 is 44.5 Å². The van der Waals surface area contributed by atoms with E-state index >= 15 is 0 Å². The summed E-state index contributed by atoms with van der Waals surface area (Å²) in [5, 5.41) is 61.1. The Kier molecular flexibility index (Phi) is 7.05. The van der Waals surface area contributed by atoms with Gasteiger partial charge in [0.05, 0.1) is 37.1 Å². The van der Waals surface area contributed by atoms with Crippen molar-refractivity contribution in [3.8, 4) is 11.5 Å². The fourth-order valence-corrected chi connectivity index (χ4v) is 12.7. The molecule has 0 aromatic heterocycles. The number of nitrogens with zero attached hydrogens (tertiary/aromatic N) is 1. The molecule has 7 aliphatic rings. The van der Waals surface area contributed by atoms with E-state index in [0.717, 1.165) is 19.4 Å². The van der Waals surface area contributed by atoms with E-state index < -0.39 is 70.0 Å². The molecule has 260 valence electrons. The fraction of sp³-hybridized carbons (Fsp3) is 0.806. The van der Waals surface area contributed by atoms with Crippen LogP contribution in [0.5, 0.6) is 11.5 Å². The standard InChI is InChI=1S/C36H51NO10/c1-18-6-11-26-33(3,41)28-20(17-37(26)16-18)21-15-34-25(35(21,42)30(39)29(28)38)10-9-24-32(34,2)13-12-27(36(24,43)47-34)46-31(40)19-7-8-22(44-4)23(14-19)45-5/h7-8,14,18,20-21,24-30,38-39,41-43H,6,9-13,15-17H2,1-5H3/t18-,20?,21?,24-,25+,26?,27-,28?,29+,30?,32-,33+,34?,35?,36+/m0/s1. The third kappa shape index (κ3) is 3.91. The zero-order chi connectivity index (χ0) is 33.5. The maximum absolute atomic E-state index is 13.5. The van der Waals surface area contributed by atoms with Gasteiger partial charge in [0.25, 0.3) is 0 Å². The molecule has 3 aliphatic heterocycles. The Morgan fingerprint density at radius 2 is 1.68 bits per heavy atom. The Morgan fingerprint density at radius 1 is 0.957 bits per heavy atom. The monoisotopic (exact) mass is 657 g/mol. The minimum Gasteiger partial charge on any atom is -0.493 e. The molecule has 47 heavy (non-hydrogen) atoms. The molecule has 11 heteroatoms. The molecule has 5 N–H and O–H groups in total. The maximum Gasteiger partial charge on any atom is 0.338 e. The number of hydrogen-bond acceptors (Lipinski definition) is 11. The number of fused-ring (bicyclic) bond motifs is 5. The van der Waals surface area contributed by atoms with Crippen LogP contribution in [0.1, 0.15) is 76.1 Å². The first-order valence-electron chi connectivity index (χ1n) is 17.6. The number of piperidine rings is 2. The predicted octanol–water partition coefficient (Wildman–Crippen LogP) is 2.10. The highest BCUT2D eigenvalue weighted by molar-refractivity contribution is 5.90. The third-order valence-electron chi connectivity index (χ3n) is 14.7. The summed E-state index contributed by atoms with van der Waals surface area (Å²) in [6.45, 7) is 7.60. The maximum atomic E-state index is 13.5. The number of rotatable bonds is 4. The molecule has 4 bridgehead atoms. The van der Waals surface area contributed by atoms with Crippen molar-refractivity contribution in [1.29, 1.82) is 0 Å². The van der Waals surface area contributed by atoms with E-state index in [2.05, 4.69) is 18.7 Å². The molecule has 11 nitrogen and oxygen atoms in total. The first kappa shape index (κ1) is 32.2.